The van der Waals surface area contributed by atoms with Crippen LogP contribution in [0, 0.1) is 6.92 Å². The van der Waals surface area contributed by atoms with E-state index in [0.29, 0.717) is 6.04 Å². The fourth-order valence-corrected chi connectivity index (χ4v) is 1.64. The van der Waals surface area contributed by atoms with Gasteiger partial charge in [-0.05, 0) is 20.3 Å². The van der Waals surface area contributed by atoms with Crippen LogP contribution in [0.15, 0.2) is 6.20 Å². The maximum absolute atomic E-state index is 4.31. The summed E-state index contributed by atoms with van der Waals surface area (Å²) in [5, 5.41) is 7.81. The molecule has 1 N–H and O–H groups in total. The summed E-state index contributed by atoms with van der Waals surface area (Å²) in [6, 6.07) is 0.597. The first-order valence-corrected chi connectivity index (χ1v) is 5.36. The molecule has 3 nitrogen and oxygen atoms in total. The molecule has 0 fully saturated rings. The van der Waals surface area contributed by atoms with Crippen LogP contribution >= 0.6 is 0 Å². The van der Waals surface area contributed by atoms with E-state index in [9.17, 15) is 0 Å². The topological polar surface area (TPSA) is 29.9 Å². The van der Waals surface area contributed by atoms with Crippen LogP contribution in [0.5, 0.6) is 0 Å². The van der Waals surface area contributed by atoms with Crippen LogP contribution in [-0.2, 0) is 13.6 Å². The Kier molecular flexibility index (Phi) is 4.14. The van der Waals surface area contributed by atoms with Crippen LogP contribution in [0.25, 0.3) is 0 Å². The van der Waals surface area contributed by atoms with Crippen molar-refractivity contribution in [1.29, 1.82) is 0 Å². The van der Waals surface area contributed by atoms with Crippen molar-refractivity contribution in [2.45, 2.75) is 46.2 Å². The molecule has 1 rings (SSSR count). The highest BCUT2D eigenvalue weighted by Crippen LogP contribution is 2.05. The predicted octanol–water partition coefficient (Wildman–Crippen LogP) is 2.01. The summed E-state index contributed by atoms with van der Waals surface area (Å²) >= 11 is 0. The van der Waals surface area contributed by atoms with Crippen LogP contribution in [0.3, 0.4) is 0 Å². The van der Waals surface area contributed by atoms with E-state index in [1.165, 1.54) is 18.4 Å². The summed E-state index contributed by atoms with van der Waals surface area (Å²) in [5.41, 5.74) is 2.43. The number of nitrogens with zero attached hydrogens (tertiary/aromatic N) is 2. The molecule has 1 aromatic rings. The number of rotatable bonds is 5. The highest BCUT2D eigenvalue weighted by atomic mass is 15.2. The molecule has 0 bridgehead atoms. The third-order valence-electron chi connectivity index (χ3n) is 2.48. The molecule has 14 heavy (non-hydrogen) atoms. The molecule has 1 atom stereocenters. The molecule has 1 heterocycles. The first kappa shape index (κ1) is 11.2. The molecule has 80 valence electrons. The third kappa shape index (κ3) is 3.14. The summed E-state index contributed by atoms with van der Waals surface area (Å²) in [4.78, 5) is 0. The molecule has 0 aromatic carbocycles. The van der Waals surface area contributed by atoms with E-state index in [-0.39, 0.29) is 0 Å². The van der Waals surface area contributed by atoms with Crippen molar-refractivity contribution in [2.24, 2.45) is 7.05 Å². The molecule has 0 amide bonds. The van der Waals surface area contributed by atoms with Crippen molar-refractivity contribution in [3.8, 4) is 0 Å². The normalized spacial score (nSPS) is 13.1. The fraction of sp³-hybridized carbons (Fsp3) is 0.727. The maximum Gasteiger partial charge on any atom is 0.0638 e. The molecule has 3 heteroatoms. The highest BCUT2D eigenvalue weighted by molar-refractivity contribution is 5.14. The molecule has 1 aromatic heterocycles. The Morgan fingerprint density at radius 1 is 1.57 bits per heavy atom. The maximum atomic E-state index is 4.31. The number of aromatic nitrogens is 2. The highest BCUT2D eigenvalue weighted by Gasteiger charge is 2.04. The van der Waals surface area contributed by atoms with E-state index >= 15 is 0 Å². The van der Waals surface area contributed by atoms with Gasteiger partial charge in [0.1, 0.15) is 0 Å². The molecule has 0 radical (unpaired) electrons. The zero-order valence-corrected chi connectivity index (χ0v) is 9.67. The lowest BCUT2D eigenvalue weighted by Gasteiger charge is -2.11. The smallest absolute Gasteiger partial charge is 0.0638 e. The second-order valence-electron chi connectivity index (χ2n) is 3.98. The average molecular weight is 195 g/mol. The van der Waals surface area contributed by atoms with Crippen molar-refractivity contribution < 1.29 is 0 Å². The molecule has 0 saturated heterocycles. The minimum Gasteiger partial charge on any atom is -0.310 e. The molecule has 0 aliphatic carbocycles. The number of aryl methyl sites for hydroxylation is 2. The first-order chi connectivity index (χ1) is 6.63. The summed E-state index contributed by atoms with van der Waals surface area (Å²) in [5.74, 6) is 0. The van der Waals surface area contributed by atoms with Crippen molar-refractivity contribution in [2.75, 3.05) is 0 Å². The van der Waals surface area contributed by atoms with E-state index in [1.54, 1.807) is 0 Å². The van der Waals surface area contributed by atoms with E-state index in [0.717, 1.165) is 12.2 Å². The largest absolute Gasteiger partial charge is 0.310 e. The Bertz CT molecular complexity index is 278. The van der Waals surface area contributed by atoms with Gasteiger partial charge in [-0.1, -0.05) is 13.3 Å². The summed E-state index contributed by atoms with van der Waals surface area (Å²) < 4.78 is 1.87. The second-order valence-corrected chi connectivity index (χ2v) is 3.98. The van der Waals surface area contributed by atoms with Gasteiger partial charge in [0.15, 0.2) is 0 Å². The predicted molar refractivity (Wildman–Crippen MR) is 59.2 cm³/mol. The molecule has 0 aliphatic heterocycles. The Hall–Kier alpha value is -0.830. The van der Waals surface area contributed by atoms with E-state index in [4.69, 9.17) is 0 Å². The second kappa shape index (κ2) is 5.15. The third-order valence-corrected chi connectivity index (χ3v) is 2.48. The number of hydrogen-bond donors (Lipinski definition) is 1. The van der Waals surface area contributed by atoms with Crippen molar-refractivity contribution >= 4 is 0 Å². The molecular weight excluding hydrogens is 174 g/mol. The van der Waals surface area contributed by atoms with Crippen molar-refractivity contribution in [3.05, 3.63) is 17.5 Å². The average Bonchev–Trinajstić information content (AvgIpc) is 2.42. The summed E-state index contributed by atoms with van der Waals surface area (Å²) in [7, 11) is 1.96. The van der Waals surface area contributed by atoms with Crippen molar-refractivity contribution in [3.63, 3.8) is 0 Å². The van der Waals surface area contributed by atoms with Gasteiger partial charge in [-0.15, -0.1) is 0 Å². The SMILES string of the molecule is CCCC(C)NCc1cn(C)nc1C. The Morgan fingerprint density at radius 3 is 2.79 bits per heavy atom. The summed E-state index contributed by atoms with van der Waals surface area (Å²) in [6.07, 6.45) is 4.56. The Morgan fingerprint density at radius 2 is 2.29 bits per heavy atom. The van der Waals surface area contributed by atoms with Crippen LogP contribution in [-0.4, -0.2) is 15.8 Å². The first-order valence-electron chi connectivity index (χ1n) is 5.36. The van der Waals surface area contributed by atoms with Gasteiger partial charge in [-0.3, -0.25) is 4.68 Å². The lowest BCUT2D eigenvalue weighted by atomic mass is 10.2. The van der Waals surface area contributed by atoms with Gasteiger partial charge in [0.05, 0.1) is 5.69 Å². The minimum absolute atomic E-state index is 0.597. The molecular formula is C11H21N3. The van der Waals surface area contributed by atoms with E-state index < -0.39 is 0 Å². The lowest BCUT2D eigenvalue weighted by molar-refractivity contribution is 0.507. The zero-order chi connectivity index (χ0) is 10.6. The standard InChI is InChI=1S/C11H21N3/c1-5-6-9(2)12-7-11-8-14(4)13-10(11)3/h8-9,12H,5-7H2,1-4H3. The number of hydrogen-bond acceptors (Lipinski definition) is 2. The molecule has 0 aliphatic rings. The minimum atomic E-state index is 0.597. The molecule has 1 unspecified atom stereocenters. The zero-order valence-electron chi connectivity index (χ0n) is 9.67. The van der Waals surface area contributed by atoms with Crippen LogP contribution in [0.2, 0.25) is 0 Å². The van der Waals surface area contributed by atoms with Crippen LogP contribution in [0.1, 0.15) is 37.9 Å². The monoisotopic (exact) mass is 195 g/mol. The molecule has 0 spiro atoms. The van der Waals surface area contributed by atoms with Gasteiger partial charge in [-0.25, -0.2) is 0 Å². The van der Waals surface area contributed by atoms with Gasteiger partial charge < -0.3 is 5.32 Å². The quantitative estimate of drug-likeness (QED) is 0.779. The van der Waals surface area contributed by atoms with Crippen LogP contribution in [0.4, 0.5) is 0 Å². The summed E-state index contributed by atoms with van der Waals surface area (Å²) in [6.45, 7) is 7.44. The van der Waals surface area contributed by atoms with E-state index in [2.05, 4.69) is 37.4 Å². The van der Waals surface area contributed by atoms with Gasteiger partial charge in [0.25, 0.3) is 0 Å². The van der Waals surface area contributed by atoms with Gasteiger partial charge in [0, 0.05) is 31.4 Å². The Balaban J connectivity index is 2.41. The van der Waals surface area contributed by atoms with Gasteiger partial charge in [0.2, 0.25) is 0 Å². The van der Waals surface area contributed by atoms with Gasteiger partial charge >= 0.3 is 0 Å². The molecule has 0 saturated carbocycles. The lowest BCUT2D eigenvalue weighted by Crippen LogP contribution is -2.25. The van der Waals surface area contributed by atoms with E-state index in [1.807, 2.05) is 11.7 Å². The Labute approximate surface area is 86.5 Å². The van der Waals surface area contributed by atoms with Crippen molar-refractivity contribution in [1.82, 2.24) is 15.1 Å². The van der Waals surface area contributed by atoms with Crippen LogP contribution < -0.4 is 5.32 Å². The fourth-order valence-electron chi connectivity index (χ4n) is 1.64. The number of nitrogens with one attached hydrogen (secondary N) is 1. The van der Waals surface area contributed by atoms with Gasteiger partial charge in [-0.2, -0.15) is 5.10 Å².